The summed E-state index contributed by atoms with van der Waals surface area (Å²) in [6.07, 6.45) is 1.64. The van der Waals surface area contributed by atoms with Gasteiger partial charge in [-0.1, -0.05) is 29.5 Å². The Balaban J connectivity index is 0.00000169. The third-order valence-corrected chi connectivity index (χ3v) is 3.76. The van der Waals surface area contributed by atoms with Gasteiger partial charge < -0.3 is 19.8 Å². The number of ether oxygens (including phenoxy) is 1. The molecule has 134 valence electrons. The molecule has 0 saturated carbocycles. The number of hydrogen-bond donors (Lipinski definition) is 1. The van der Waals surface area contributed by atoms with E-state index in [-0.39, 0.29) is 33.6 Å². The number of carbonyl (C=O) groups excluding carboxylic acids is 2. The van der Waals surface area contributed by atoms with Gasteiger partial charge in [0.15, 0.2) is 0 Å². The van der Waals surface area contributed by atoms with Crippen molar-refractivity contribution in [1.29, 1.82) is 0 Å². The van der Waals surface area contributed by atoms with Crippen LogP contribution in [0.15, 0.2) is 53.9 Å². The van der Waals surface area contributed by atoms with E-state index in [1.807, 2.05) is 29.6 Å². The molecule has 0 atom stereocenters. The summed E-state index contributed by atoms with van der Waals surface area (Å²) in [5.74, 6) is 0.186. The van der Waals surface area contributed by atoms with Crippen molar-refractivity contribution in [1.82, 2.24) is 4.98 Å². The van der Waals surface area contributed by atoms with Crippen molar-refractivity contribution in [3.8, 4) is 17.0 Å². The Hall–Kier alpha value is -3.30. The maximum atomic E-state index is 12.3. The van der Waals surface area contributed by atoms with E-state index < -0.39 is 0 Å². The Morgan fingerprint density at radius 1 is 1.23 bits per heavy atom. The molecule has 1 amide bonds. The number of aromatic nitrogens is 1. The minimum absolute atomic E-state index is 0. The molecular weight excluding hydrogens is 667 g/mol. The average molecular weight is 679 g/mol. The van der Waals surface area contributed by atoms with Gasteiger partial charge in [-0.15, -0.1) is 5.38 Å². The van der Waals surface area contributed by atoms with E-state index in [1.165, 1.54) is 11.3 Å². The maximum Gasteiger partial charge on any atom is 0.255 e. The molecule has 1 N–H and O–H groups in total. The Morgan fingerprint density at radius 3 is 2.65 bits per heavy atom. The summed E-state index contributed by atoms with van der Waals surface area (Å²) in [4.78, 5) is 26.6. The Kier molecular flexibility index (Phi) is 7.87. The van der Waals surface area contributed by atoms with E-state index >= 15 is 0 Å². The molecule has 1 aromatic heterocycles. The van der Waals surface area contributed by atoms with Crippen molar-refractivity contribution in [2.75, 3.05) is 11.9 Å². The predicted molar refractivity (Wildman–Crippen MR) is 92.0 cm³/mol. The molecule has 8 heteroatoms. The van der Waals surface area contributed by atoms with Gasteiger partial charge in [0, 0.05) is 32.3 Å². The van der Waals surface area contributed by atoms with E-state index in [4.69, 9.17) is 4.74 Å². The SMILES string of the molecule is O=[C-]COc1cccc(C(=O)Nc2ccc(-c3cs[c-]n3)cc2)c1.[Cm].[Mo]. The molecule has 2 aromatic carbocycles. The van der Waals surface area contributed by atoms with Crippen molar-refractivity contribution in [3.05, 3.63) is 65.0 Å². The number of carbonyl (C=O) groups is 1. The molecule has 26 heavy (non-hydrogen) atoms. The molecule has 0 spiro atoms. The van der Waals surface area contributed by atoms with Crippen molar-refractivity contribution < 1.29 is 35.4 Å². The second kappa shape index (κ2) is 9.86. The molecule has 0 saturated heterocycles. The zero-order valence-corrected chi connectivity index (χ0v) is 19.0. The summed E-state index contributed by atoms with van der Waals surface area (Å²) in [6, 6.07) is 14.0. The molecule has 0 fully saturated rings. The first-order valence-electron chi connectivity index (χ1n) is 7.07. The standard InChI is InChI=1S/C18H12N2O3S.Cm.Mo/c21-8-9-23-16-3-1-2-14(10-16)18(22)20-15-6-4-13(5-7-15)17-11-24-12-19-17;;/h1-7,10-11H,9H2,(H,20,22);;/q-2;;. The fourth-order valence-electron chi connectivity index (χ4n) is 2.08. The van der Waals surface area contributed by atoms with Crippen LogP contribution in [0.1, 0.15) is 10.4 Å². The second-order valence-electron chi connectivity index (χ2n) is 4.82. The van der Waals surface area contributed by atoms with Gasteiger partial charge in [-0.3, -0.25) is 16.1 Å². The third-order valence-electron chi connectivity index (χ3n) is 3.22. The summed E-state index contributed by atoms with van der Waals surface area (Å²) in [6.45, 7) is -0.166. The van der Waals surface area contributed by atoms with Crippen LogP contribution in [0, 0.1) is 5.51 Å². The first-order valence-corrected chi connectivity index (χ1v) is 7.95. The van der Waals surface area contributed by atoms with Crippen molar-refractivity contribution >= 4 is 29.2 Å². The number of benzene rings is 2. The number of amides is 1. The third kappa shape index (κ3) is 5.10. The van der Waals surface area contributed by atoms with Gasteiger partial charge in [-0.25, -0.2) is 6.29 Å². The van der Waals surface area contributed by atoms with Crippen LogP contribution in [-0.4, -0.2) is 23.8 Å². The summed E-state index contributed by atoms with van der Waals surface area (Å²) in [5, 5.41) is 4.73. The van der Waals surface area contributed by atoms with Gasteiger partial charge in [0.1, 0.15) is 5.75 Å². The van der Waals surface area contributed by atoms with Crippen molar-refractivity contribution in [3.63, 3.8) is 0 Å². The number of nitrogens with one attached hydrogen (secondary N) is 1. The summed E-state index contributed by atoms with van der Waals surface area (Å²) < 4.78 is 5.14. The molecule has 5 nitrogen and oxygen atoms in total. The van der Waals surface area contributed by atoms with Crippen LogP contribution >= 0.6 is 11.3 Å². The minimum atomic E-state index is -0.259. The van der Waals surface area contributed by atoms with Crippen molar-refractivity contribution in [2.24, 2.45) is 0 Å². The number of anilines is 1. The fraction of sp³-hybridized carbons (Fsp3) is 0.0556. The summed E-state index contributed by atoms with van der Waals surface area (Å²) >= 11 is 1.41. The first kappa shape index (κ1) is 20.7. The number of thiazole rings is 1. The minimum Gasteiger partial charge on any atom is -0.539 e. The Morgan fingerprint density at radius 2 is 2.00 bits per heavy atom. The molecular formula is C18H12CmMoN2O3S-2. The molecule has 0 unspecified atom stereocenters. The topological polar surface area (TPSA) is 68.3 Å². The number of rotatable bonds is 6. The van der Waals surface area contributed by atoms with Crippen LogP contribution in [0.2, 0.25) is 0 Å². The van der Waals surface area contributed by atoms with Gasteiger partial charge >= 0.3 is 0 Å². The van der Waals surface area contributed by atoms with Crippen LogP contribution in [0.3, 0.4) is 0 Å². The molecule has 0 bridgehead atoms. The fourth-order valence-corrected chi connectivity index (χ4v) is 2.59. The predicted octanol–water partition coefficient (Wildman–Crippen LogP) is 3.35. The van der Waals surface area contributed by atoms with Gasteiger partial charge in [0.2, 0.25) is 0 Å². The van der Waals surface area contributed by atoms with Crippen LogP contribution < -0.4 is 10.1 Å². The molecule has 0 aliphatic carbocycles. The smallest absolute Gasteiger partial charge is 0.255 e. The Bertz CT molecular complexity index is 842. The van der Waals surface area contributed by atoms with Gasteiger partial charge in [0.25, 0.3) is 5.91 Å². The second-order valence-corrected chi connectivity index (χ2v) is 5.47. The molecule has 0 radical (unpaired) electrons. The van der Waals surface area contributed by atoms with E-state index in [0.29, 0.717) is 17.0 Å². The molecule has 0 aliphatic heterocycles. The monoisotopic (exact) mass is 677 g/mol. The van der Waals surface area contributed by atoms with Gasteiger partial charge in [-0.2, -0.15) is 0 Å². The van der Waals surface area contributed by atoms with Crippen LogP contribution in [0.25, 0.3) is 11.3 Å². The normalized spacial score (nSPS) is 9.38. The zero-order chi connectivity index (χ0) is 16.8. The largest absolute Gasteiger partial charge is 0.539 e. The van der Waals surface area contributed by atoms with Gasteiger partial charge in [0.05, 0.1) is 0 Å². The number of hydrogen-bond acceptors (Lipinski definition) is 5. The van der Waals surface area contributed by atoms with Crippen LogP contribution in [0.4, 0.5) is 5.69 Å². The Labute approximate surface area is 163 Å². The average Bonchev–Trinajstić information content (AvgIpc) is 3.15. The quantitative estimate of drug-likeness (QED) is 0.321. The van der Waals surface area contributed by atoms with E-state index in [1.54, 1.807) is 30.6 Å². The maximum absolute atomic E-state index is 12.3. The van der Waals surface area contributed by atoms with E-state index in [2.05, 4.69) is 15.8 Å². The van der Waals surface area contributed by atoms with Crippen LogP contribution in [0.5, 0.6) is 5.75 Å². The molecule has 3 rings (SSSR count). The summed E-state index contributed by atoms with van der Waals surface area (Å²) in [5.41, 5.74) is 5.74. The summed E-state index contributed by atoms with van der Waals surface area (Å²) in [7, 11) is 0. The molecule has 0 aliphatic rings. The van der Waals surface area contributed by atoms with Crippen molar-refractivity contribution in [2.45, 2.75) is 0 Å². The van der Waals surface area contributed by atoms with E-state index in [0.717, 1.165) is 11.3 Å². The molecule has 3 aromatic rings. The van der Waals surface area contributed by atoms with E-state index in [9.17, 15) is 9.59 Å². The van der Waals surface area contributed by atoms with Gasteiger partial charge in [-0.05, 0) is 42.4 Å². The zero-order valence-electron chi connectivity index (χ0n) is 13.2. The number of nitrogens with zero attached hydrogens (tertiary/aromatic N) is 1. The molecule has 1 heterocycles. The first-order chi connectivity index (χ1) is 11.8. The van der Waals surface area contributed by atoms with Crippen LogP contribution in [-0.2, 0) is 25.9 Å².